The molecule has 1 fully saturated rings. The third-order valence-corrected chi connectivity index (χ3v) is 7.61. The van der Waals surface area contributed by atoms with Crippen LogP contribution >= 0.6 is 11.6 Å². The van der Waals surface area contributed by atoms with Crippen molar-refractivity contribution in [3.63, 3.8) is 0 Å². The first-order valence-corrected chi connectivity index (χ1v) is 13.6. The number of aromatic nitrogens is 3. The number of hydrogen-bond acceptors (Lipinski definition) is 7. The van der Waals surface area contributed by atoms with Gasteiger partial charge >= 0.3 is 6.01 Å². The maximum atomic E-state index is 16.3. The van der Waals surface area contributed by atoms with E-state index in [9.17, 15) is 19.6 Å². The Morgan fingerprint density at radius 2 is 2.00 bits per heavy atom. The summed E-state index contributed by atoms with van der Waals surface area (Å²) in [6.45, 7) is 8.46. The van der Waals surface area contributed by atoms with Crippen molar-refractivity contribution in [3.8, 4) is 29.0 Å². The van der Waals surface area contributed by atoms with Crippen molar-refractivity contribution >= 4 is 34.2 Å². The third kappa shape index (κ3) is 5.21. The zero-order valence-electron chi connectivity index (χ0n) is 22.9. The standard InChI is InChI=1S/C30H27ClF2N6O3/c1-4-24(41)38-15-18(3)39(16-17(38)2)29-20-13-21(31)25(26-22(32)8-5-9-23(26)40)27(33)28(20)35-30(36-29)42-12-11-37-10-6-7-19(37)14-34/h4-10,13,17-18,40H,1,11-12,15-16H2,2-3H3/t17-,18+/m1/s1. The zero-order chi connectivity index (χ0) is 30.1. The molecule has 1 aliphatic heterocycles. The number of piperazine rings is 1. The van der Waals surface area contributed by atoms with E-state index in [-0.39, 0.29) is 57.7 Å². The van der Waals surface area contributed by atoms with Crippen LogP contribution in [0.25, 0.3) is 22.0 Å². The van der Waals surface area contributed by atoms with Crippen molar-refractivity contribution in [1.82, 2.24) is 19.4 Å². The maximum absolute atomic E-state index is 16.3. The number of benzene rings is 2. The Morgan fingerprint density at radius 3 is 2.71 bits per heavy atom. The third-order valence-electron chi connectivity index (χ3n) is 7.31. The molecule has 1 saturated heterocycles. The fourth-order valence-electron chi connectivity index (χ4n) is 5.22. The number of phenols is 1. The number of hydrogen-bond donors (Lipinski definition) is 1. The van der Waals surface area contributed by atoms with Crippen molar-refractivity contribution in [2.75, 3.05) is 24.6 Å². The van der Waals surface area contributed by atoms with Gasteiger partial charge in [0.05, 0.1) is 17.1 Å². The van der Waals surface area contributed by atoms with Gasteiger partial charge in [-0.1, -0.05) is 24.2 Å². The number of halogens is 3. The highest BCUT2D eigenvalue weighted by molar-refractivity contribution is 6.34. The van der Waals surface area contributed by atoms with E-state index < -0.39 is 17.4 Å². The second kappa shape index (κ2) is 11.7. The predicted octanol–water partition coefficient (Wildman–Crippen LogP) is 5.30. The van der Waals surface area contributed by atoms with Gasteiger partial charge in [0.25, 0.3) is 0 Å². The van der Waals surface area contributed by atoms with Crippen molar-refractivity contribution in [1.29, 1.82) is 5.26 Å². The molecule has 0 unspecified atom stereocenters. The first-order chi connectivity index (χ1) is 20.1. The van der Waals surface area contributed by atoms with Crippen LogP contribution in [0, 0.1) is 23.0 Å². The normalized spacial score (nSPS) is 16.9. The summed E-state index contributed by atoms with van der Waals surface area (Å²) in [5.74, 6) is -2.16. The average molecular weight is 593 g/mol. The summed E-state index contributed by atoms with van der Waals surface area (Å²) in [4.78, 5) is 25.0. The lowest BCUT2D eigenvalue weighted by atomic mass is 10.0. The van der Waals surface area contributed by atoms with Gasteiger partial charge in [0.1, 0.15) is 41.3 Å². The second-order valence-corrected chi connectivity index (χ2v) is 10.4. The van der Waals surface area contributed by atoms with E-state index in [0.717, 1.165) is 6.07 Å². The van der Waals surface area contributed by atoms with Crippen LogP contribution in [0.5, 0.6) is 11.8 Å². The average Bonchev–Trinajstić information content (AvgIpc) is 3.42. The molecule has 0 bridgehead atoms. The van der Waals surface area contributed by atoms with Crippen LogP contribution in [0.3, 0.4) is 0 Å². The van der Waals surface area contributed by atoms with Gasteiger partial charge in [-0.05, 0) is 50.3 Å². The van der Waals surface area contributed by atoms with Crippen LogP contribution in [0.15, 0.2) is 55.3 Å². The molecule has 1 N–H and O–H groups in total. The van der Waals surface area contributed by atoms with Gasteiger partial charge in [-0.25, -0.2) is 8.78 Å². The lowest BCUT2D eigenvalue weighted by Gasteiger charge is -2.44. The van der Waals surface area contributed by atoms with Crippen molar-refractivity contribution in [2.45, 2.75) is 32.5 Å². The van der Waals surface area contributed by atoms with Crippen molar-refractivity contribution in [3.05, 3.63) is 77.6 Å². The quantitative estimate of drug-likeness (QED) is 0.290. The number of aromatic hydroxyl groups is 1. The zero-order valence-corrected chi connectivity index (χ0v) is 23.6. The summed E-state index contributed by atoms with van der Waals surface area (Å²) in [6, 6.07) is 9.96. The first kappa shape index (κ1) is 28.8. The summed E-state index contributed by atoms with van der Waals surface area (Å²) in [6.07, 6.45) is 3.00. The van der Waals surface area contributed by atoms with E-state index in [1.165, 1.54) is 24.3 Å². The largest absolute Gasteiger partial charge is 0.507 e. The molecule has 0 saturated carbocycles. The number of phenolic OH excluding ortho intramolecular Hbond substituents is 1. The Labute approximate surface area is 245 Å². The number of nitrogens with zero attached hydrogens (tertiary/aromatic N) is 6. The molecule has 5 rings (SSSR count). The van der Waals surface area contributed by atoms with Crippen LogP contribution in [-0.2, 0) is 11.3 Å². The van der Waals surface area contributed by atoms with Crippen LogP contribution in [0.1, 0.15) is 19.5 Å². The smallest absolute Gasteiger partial charge is 0.319 e. The number of amides is 1. The van der Waals surface area contributed by atoms with Gasteiger partial charge in [-0.3, -0.25) is 4.79 Å². The summed E-state index contributed by atoms with van der Waals surface area (Å²) >= 11 is 6.54. The number of ether oxygens (including phenoxy) is 1. The Bertz CT molecular complexity index is 1720. The van der Waals surface area contributed by atoms with Gasteiger partial charge in [0.15, 0.2) is 5.82 Å². The van der Waals surface area contributed by atoms with E-state index in [0.29, 0.717) is 31.1 Å². The Kier molecular flexibility index (Phi) is 8.00. The monoisotopic (exact) mass is 592 g/mol. The summed E-state index contributed by atoms with van der Waals surface area (Å²) in [5.41, 5.74) is -0.465. The first-order valence-electron chi connectivity index (χ1n) is 13.2. The number of nitriles is 1. The summed E-state index contributed by atoms with van der Waals surface area (Å²) in [5, 5.41) is 19.8. The fraction of sp³-hybridized carbons (Fsp3) is 0.267. The molecular weight excluding hydrogens is 566 g/mol. The number of rotatable bonds is 7. The Morgan fingerprint density at radius 1 is 1.21 bits per heavy atom. The Hall–Kier alpha value is -4.69. The molecular formula is C30H27ClF2N6O3. The molecule has 216 valence electrons. The van der Waals surface area contributed by atoms with Crippen molar-refractivity contribution < 1.29 is 23.4 Å². The number of fused-ring (bicyclic) bond motifs is 1. The van der Waals surface area contributed by atoms with Gasteiger partial charge in [-0.15, -0.1) is 0 Å². The molecule has 2 aromatic carbocycles. The van der Waals surface area contributed by atoms with E-state index in [1.54, 1.807) is 27.8 Å². The van der Waals surface area contributed by atoms with Crippen LogP contribution in [0.2, 0.25) is 5.02 Å². The molecule has 42 heavy (non-hydrogen) atoms. The minimum Gasteiger partial charge on any atom is -0.507 e. The predicted molar refractivity (Wildman–Crippen MR) is 154 cm³/mol. The van der Waals surface area contributed by atoms with Crippen molar-refractivity contribution in [2.24, 2.45) is 0 Å². The highest BCUT2D eigenvalue weighted by atomic mass is 35.5. The minimum absolute atomic E-state index is 0.0675. The molecule has 2 atom stereocenters. The van der Waals surface area contributed by atoms with Gasteiger partial charge in [0.2, 0.25) is 5.91 Å². The molecule has 12 heteroatoms. The van der Waals surface area contributed by atoms with Crippen LogP contribution in [-0.4, -0.2) is 62.2 Å². The van der Waals surface area contributed by atoms with E-state index in [1.807, 2.05) is 18.7 Å². The number of carbonyl (C=O) groups excluding carboxylic acids is 1. The highest BCUT2D eigenvalue weighted by Gasteiger charge is 2.34. The molecule has 0 radical (unpaired) electrons. The lowest BCUT2D eigenvalue weighted by Crippen LogP contribution is -2.58. The molecule has 4 aromatic rings. The van der Waals surface area contributed by atoms with Gasteiger partial charge < -0.3 is 24.2 Å². The number of anilines is 1. The Balaban J connectivity index is 1.62. The van der Waals surface area contributed by atoms with E-state index >= 15 is 4.39 Å². The van der Waals surface area contributed by atoms with Gasteiger partial charge in [-0.2, -0.15) is 15.2 Å². The molecule has 0 aliphatic carbocycles. The number of carbonyl (C=O) groups is 1. The molecule has 3 heterocycles. The van der Waals surface area contributed by atoms with Crippen LogP contribution < -0.4 is 9.64 Å². The fourth-order valence-corrected chi connectivity index (χ4v) is 5.51. The summed E-state index contributed by atoms with van der Waals surface area (Å²) < 4.78 is 38.7. The topological polar surface area (TPSA) is 108 Å². The maximum Gasteiger partial charge on any atom is 0.319 e. The SMILES string of the molecule is C=CC(=O)N1C[C@H](C)N(c2nc(OCCn3cccc3C#N)nc3c(F)c(-c4c(O)cccc4F)c(Cl)cc23)C[C@H]1C. The molecule has 9 nitrogen and oxygen atoms in total. The van der Waals surface area contributed by atoms with Crippen LogP contribution in [0.4, 0.5) is 14.6 Å². The van der Waals surface area contributed by atoms with E-state index in [4.69, 9.17) is 16.3 Å². The second-order valence-electron chi connectivity index (χ2n) is 10.00. The molecule has 1 amide bonds. The molecule has 0 spiro atoms. The lowest BCUT2D eigenvalue weighted by molar-refractivity contribution is -0.128. The minimum atomic E-state index is -0.954. The summed E-state index contributed by atoms with van der Waals surface area (Å²) in [7, 11) is 0. The molecule has 1 aliphatic rings. The highest BCUT2D eigenvalue weighted by Crippen LogP contribution is 2.43. The van der Waals surface area contributed by atoms with E-state index in [2.05, 4.69) is 22.6 Å². The van der Waals surface area contributed by atoms with Gasteiger partial charge in [0, 0.05) is 42.3 Å². The molecule has 2 aromatic heterocycles.